The van der Waals surface area contributed by atoms with Gasteiger partial charge in [-0.2, -0.15) is 13.2 Å². The number of nitrogens with one attached hydrogen (secondary N) is 1. The van der Waals surface area contributed by atoms with Crippen LogP contribution in [-0.4, -0.2) is 90.4 Å². The van der Waals surface area contributed by atoms with Crippen molar-refractivity contribution in [1.82, 2.24) is 9.80 Å². The highest BCUT2D eigenvalue weighted by molar-refractivity contribution is 5.99. The van der Waals surface area contributed by atoms with Crippen molar-refractivity contribution in [3.63, 3.8) is 0 Å². The van der Waals surface area contributed by atoms with Crippen molar-refractivity contribution < 1.29 is 42.1 Å². The molecule has 1 aliphatic carbocycles. The van der Waals surface area contributed by atoms with Gasteiger partial charge in [0.05, 0.1) is 36.8 Å². The number of benzene rings is 1. The van der Waals surface area contributed by atoms with E-state index in [1.165, 1.54) is 23.1 Å². The number of aliphatic hydroxyl groups is 1. The summed E-state index contributed by atoms with van der Waals surface area (Å²) >= 11 is 0. The zero-order valence-corrected chi connectivity index (χ0v) is 27.0. The highest BCUT2D eigenvalue weighted by Gasteiger charge is 2.33. The molecule has 0 unspecified atom stereocenters. The SMILES string of the molecule is C[C@H](CO)N1C[C@H](C)[C@@H](CN(C)C(=O)C2CCCCC2)OCCCC[C@H](C)Oc2ccc(NC(=O)CCC(F)(F)F)cc2C1=O. The third-order valence-corrected chi connectivity index (χ3v) is 8.76. The fourth-order valence-corrected chi connectivity index (χ4v) is 5.96. The summed E-state index contributed by atoms with van der Waals surface area (Å²) in [6.07, 6.45) is 0.238. The van der Waals surface area contributed by atoms with Crippen LogP contribution in [0.2, 0.25) is 0 Å². The average Bonchev–Trinajstić information content (AvgIpc) is 3.01. The van der Waals surface area contributed by atoms with Crippen molar-refractivity contribution in [3.05, 3.63) is 23.8 Å². The topological polar surface area (TPSA) is 108 Å². The van der Waals surface area contributed by atoms with E-state index in [1.54, 1.807) is 18.9 Å². The molecule has 254 valence electrons. The third-order valence-electron chi connectivity index (χ3n) is 8.76. The summed E-state index contributed by atoms with van der Waals surface area (Å²) in [5.74, 6) is -1.08. The summed E-state index contributed by atoms with van der Waals surface area (Å²) in [6.45, 7) is 6.31. The van der Waals surface area contributed by atoms with Crippen LogP contribution in [0.3, 0.4) is 0 Å². The van der Waals surface area contributed by atoms with Gasteiger partial charge >= 0.3 is 6.18 Å². The fraction of sp³-hybridized carbons (Fsp3) is 0.727. The Labute approximate surface area is 264 Å². The van der Waals surface area contributed by atoms with Gasteiger partial charge in [0.1, 0.15) is 5.75 Å². The summed E-state index contributed by atoms with van der Waals surface area (Å²) in [5, 5.41) is 12.6. The molecule has 45 heavy (non-hydrogen) atoms. The number of likely N-dealkylation sites (N-methyl/N-ethyl adjacent to an activating group) is 1. The molecular formula is C33H50F3N3O6. The van der Waals surface area contributed by atoms with Crippen LogP contribution in [0, 0.1) is 11.8 Å². The number of halogens is 3. The highest BCUT2D eigenvalue weighted by atomic mass is 19.4. The molecule has 0 aromatic heterocycles. The molecule has 2 aliphatic rings. The molecule has 1 aromatic carbocycles. The van der Waals surface area contributed by atoms with Crippen molar-refractivity contribution in [2.45, 2.75) is 109 Å². The van der Waals surface area contributed by atoms with Crippen LogP contribution in [0.25, 0.3) is 0 Å². The van der Waals surface area contributed by atoms with Crippen molar-refractivity contribution in [1.29, 1.82) is 0 Å². The molecule has 0 radical (unpaired) electrons. The minimum absolute atomic E-state index is 0.0196. The Hall–Kier alpha value is -2.86. The second-order valence-electron chi connectivity index (χ2n) is 12.7. The first-order valence-corrected chi connectivity index (χ1v) is 16.2. The number of rotatable bonds is 8. The molecule has 1 aromatic rings. The van der Waals surface area contributed by atoms with Crippen LogP contribution >= 0.6 is 0 Å². The molecule has 1 heterocycles. The lowest BCUT2D eigenvalue weighted by Gasteiger charge is -2.36. The van der Waals surface area contributed by atoms with Crippen molar-refractivity contribution >= 4 is 23.4 Å². The highest BCUT2D eigenvalue weighted by Crippen LogP contribution is 2.30. The standard InChI is InChI=1S/C33H50F3N3O6/c1-22-19-39(23(2)21-40)32(43)27-18-26(37-30(41)15-16-33(34,35)36)13-14-28(27)45-24(3)10-8-9-17-44-29(22)20-38(4)31(42)25-11-6-5-7-12-25/h13-14,18,22-25,29,40H,5-12,15-17,19-21H2,1-4H3,(H,37,41)/t22-,23+,24-,29+/m0/s1. The maximum absolute atomic E-state index is 14.2. The molecule has 3 amide bonds. The summed E-state index contributed by atoms with van der Waals surface area (Å²) in [7, 11) is 1.80. The Balaban J connectivity index is 1.88. The molecule has 2 N–H and O–H groups in total. The van der Waals surface area contributed by atoms with Gasteiger partial charge in [-0.3, -0.25) is 14.4 Å². The van der Waals surface area contributed by atoms with E-state index in [2.05, 4.69) is 5.32 Å². The summed E-state index contributed by atoms with van der Waals surface area (Å²) in [6, 6.07) is 3.86. The molecule has 0 saturated heterocycles. The zero-order chi connectivity index (χ0) is 33.1. The van der Waals surface area contributed by atoms with Gasteiger partial charge in [-0.05, 0) is 64.2 Å². The number of carbonyl (C=O) groups excluding carboxylic acids is 3. The summed E-state index contributed by atoms with van der Waals surface area (Å²) < 4.78 is 50.5. The smallest absolute Gasteiger partial charge is 0.389 e. The molecule has 9 nitrogen and oxygen atoms in total. The van der Waals surface area contributed by atoms with Crippen molar-refractivity contribution in [3.8, 4) is 5.75 Å². The number of carbonyl (C=O) groups is 3. The summed E-state index contributed by atoms with van der Waals surface area (Å²) in [5.41, 5.74) is 0.294. The minimum Gasteiger partial charge on any atom is -0.490 e. The second-order valence-corrected chi connectivity index (χ2v) is 12.7. The van der Waals surface area contributed by atoms with Crippen LogP contribution in [0.5, 0.6) is 5.75 Å². The van der Waals surface area contributed by atoms with Gasteiger partial charge in [-0.25, -0.2) is 0 Å². The van der Waals surface area contributed by atoms with Gasteiger partial charge in [0, 0.05) is 50.7 Å². The van der Waals surface area contributed by atoms with Gasteiger partial charge in [-0.1, -0.05) is 26.2 Å². The molecule has 4 atom stereocenters. The molecule has 1 aliphatic heterocycles. The molecule has 0 spiro atoms. The van der Waals surface area contributed by atoms with Crippen molar-refractivity contribution in [2.75, 3.05) is 38.7 Å². The molecule has 3 rings (SSSR count). The van der Waals surface area contributed by atoms with E-state index in [0.29, 0.717) is 19.6 Å². The number of fused-ring (bicyclic) bond motifs is 1. The van der Waals surface area contributed by atoms with Crippen LogP contribution in [-0.2, 0) is 14.3 Å². The number of alkyl halides is 3. The van der Waals surface area contributed by atoms with Crippen LogP contribution < -0.4 is 10.1 Å². The minimum atomic E-state index is -4.47. The van der Waals surface area contributed by atoms with Gasteiger partial charge in [-0.15, -0.1) is 0 Å². The Morgan fingerprint density at radius 3 is 2.47 bits per heavy atom. The van der Waals surface area contributed by atoms with Crippen LogP contribution in [0.1, 0.15) is 95.3 Å². The average molecular weight is 642 g/mol. The lowest BCUT2D eigenvalue weighted by atomic mass is 9.88. The fourth-order valence-electron chi connectivity index (χ4n) is 5.96. The molecule has 0 bridgehead atoms. The molecule has 1 fully saturated rings. The maximum atomic E-state index is 14.2. The number of hydrogen-bond donors (Lipinski definition) is 2. The predicted molar refractivity (Wildman–Crippen MR) is 165 cm³/mol. The second kappa shape index (κ2) is 17.2. The van der Waals surface area contributed by atoms with Gasteiger partial charge in [0.15, 0.2) is 0 Å². The number of aliphatic hydroxyl groups excluding tert-OH is 1. The first kappa shape index (κ1) is 36.6. The monoisotopic (exact) mass is 641 g/mol. The quantitative estimate of drug-likeness (QED) is 0.372. The number of hydrogen-bond acceptors (Lipinski definition) is 6. The largest absolute Gasteiger partial charge is 0.490 e. The number of anilines is 1. The van der Waals surface area contributed by atoms with Crippen LogP contribution in [0.4, 0.5) is 18.9 Å². The molecular weight excluding hydrogens is 591 g/mol. The number of amides is 3. The first-order valence-electron chi connectivity index (χ1n) is 16.2. The van der Waals surface area contributed by atoms with E-state index in [9.17, 15) is 32.7 Å². The zero-order valence-electron chi connectivity index (χ0n) is 27.0. The molecule has 12 heteroatoms. The van der Waals surface area contributed by atoms with E-state index in [1.807, 2.05) is 13.8 Å². The van der Waals surface area contributed by atoms with E-state index in [0.717, 1.165) is 44.9 Å². The van der Waals surface area contributed by atoms with Gasteiger partial charge in [0.25, 0.3) is 5.91 Å². The third kappa shape index (κ3) is 11.5. The van der Waals surface area contributed by atoms with Crippen LogP contribution in [0.15, 0.2) is 18.2 Å². The summed E-state index contributed by atoms with van der Waals surface area (Å²) in [4.78, 5) is 43.0. The lowest BCUT2D eigenvalue weighted by Crippen LogP contribution is -2.48. The predicted octanol–water partition coefficient (Wildman–Crippen LogP) is 5.80. The normalized spacial score (nSPS) is 23.3. The number of ether oxygens (including phenoxy) is 2. The van der Waals surface area contributed by atoms with Gasteiger partial charge in [0.2, 0.25) is 11.8 Å². The Morgan fingerprint density at radius 1 is 1.11 bits per heavy atom. The van der Waals surface area contributed by atoms with Gasteiger partial charge < -0.3 is 29.7 Å². The lowest BCUT2D eigenvalue weighted by molar-refractivity contribution is -0.142. The van der Waals surface area contributed by atoms with E-state index in [4.69, 9.17) is 9.47 Å². The van der Waals surface area contributed by atoms with E-state index >= 15 is 0 Å². The first-order chi connectivity index (χ1) is 21.3. The number of nitrogens with zero attached hydrogens (tertiary/aromatic N) is 2. The van der Waals surface area contributed by atoms with E-state index < -0.39 is 36.9 Å². The van der Waals surface area contributed by atoms with Crippen molar-refractivity contribution in [2.24, 2.45) is 11.8 Å². The Morgan fingerprint density at radius 2 is 1.80 bits per heavy atom. The molecule has 1 saturated carbocycles. The maximum Gasteiger partial charge on any atom is 0.389 e. The van der Waals surface area contributed by atoms with E-state index in [-0.39, 0.29) is 60.1 Å². The Bertz CT molecular complexity index is 1130. The Kier molecular flexibility index (Phi) is 14.0.